The van der Waals surface area contributed by atoms with E-state index in [0.29, 0.717) is 0 Å². The number of carbonyl (C=O) groups excluding carboxylic acids is 1. The van der Waals surface area contributed by atoms with E-state index < -0.39 is 16.1 Å². The van der Waals surface area contributed by atoms with E-state index in [2.05, 4.69) is 106 Å². The maximum atomic E-state index is 11.7. The minimum Gasteiger partial charge on any atom is -0.512 e. The Bertz CT molecular complexity index is 2090. The Kier molecular flexibility index (Phi) is 13.4. The van der Waals surface area contributed by atoms with Crippen molar-refractivity contribution >= 4 is 75.9 Å². The normalized spacial score (nSPS) is 14.0. The maximum absolute atomic E-state index is 11.7. The molecule has 0 atom stereocenters. The SMILES string of the molecule is CCC(CC)C(=O)/C=C(\O)C(CC)CC.Cc1c(C2=Cc3ccccc3[Si]2(C)C)sc2c(-c3[c-]c4ccccc4c([Si](C)(C)C)c3)ncnc12.[Ir]. The van der Waals surface area contributed by atoms with Crippen LogP contribution in [-0.2, 0) is 24.9 Å². The quantitative estimate of drug-likeness (QED) is 0.0656. The first-order valence-corrected chi connectivity index (χ1v) is 25.5. The average molecular weight is 910 g/mol. The third kappa shape index (κ3) is 8.31. The van der Waals surface area contributed by atoms with Crippen LogP contribution in [0.1, 0.15) is 69.4 Å². The number of carbonyl (C=O) groups is 1. The molecule has 0 amide bonds. The monoisotopic (exact) mass is 910 g/mol. The summed E-state index contributed by atoms with van der Waals surface area (Å²) >= 11 is 1.87. The zero-order chi connectivity index (χ0) is 36.4. The number of rotatable bonds is 10. The molecule has 0 unspecified atom stereocenters. The van der Waals surface area contributed by atoms with Gasteiger partial charge >= 0.3 is 0 Å². The van der Waals surface area contributed by atoms with Gasteiger partial charge in [-0.25, -0.2) is 4.98 Å². The molecule has 1 aliphatic rings. The van der Waals surface area contributed by atoms with E-state index in [1.54, 1.807) is 6.33 Å². The Labute approximate surface area is 324 Å². The Morgan fingerprint density at radius 1 is 0.941 bits per heavy atom. The summed E-state index contributed by atoms with van der Waals surface area (Å²) in [5.41, 5.74) is 5.83. The van der Waals surface area contributed by atoms with Crippen molar-refractivity contribution in [1.82, 2.24) is 9.97 Å². The van der Waals surface area contributed by atoms with E-state index in [1.165, 1.54) is 53.1 Å². The van der Waals surface area contributed by atoms with Crippen LogP contribution in [0, 0.1) is 24.8 Å². The number of ketones is 1. The molecule has 0 aliphatic carbocycles. The molecule has 1 N–H and O–H groups in total. The van der Waals surface area contributed by atoms with Gasteiger partial charge in [0.25, 0.3) is 0 Å². The van der Waals surface area contributed by atoms with Crippen LogP contribution in [0.5, 0.6) is 0 Å². The molecule has 51 heavy (non-hydrogen) atoms. The van der Waals surface area contributed by atoms with Crippen LogP contribution in [0.15, 0.2) is 72.8 Å². The number of aliphatic hydroxyl groups excluding tert-OH is 1. The summed E-state index contributed by atoms with van der Waals surface area (Å²) in [5, 5.41) is 16.8. The molecular weight excluding hydrogens is 857 g/mol. The Hall–Kier alpha value is -3.01. The molecule has 1 radical (unpaired) electrons. The number of hydrogen-bond acceptors (Lipinski definition) is 5. The van der Waals surface area contributed by atoms with Gasteiger partial charge in [-0.3, -0.25) is 9.78 Å². The van der Waals surface area contributed by atoms with E-state index in [-0.39, 0.29) is 43.5 Å². The van der Waals surface area contributed by atoms with Gasteiger partial charge in [0.2, 0.25) is 0 Å². The molecule has 0 spiro atoms. The second kappa shape index (κ2) is 16.8. The summed E-state index contributed by atoms with van der Waals surface area (Å²) in [6, 6.07) is 23.6. The van der Waals surface area contributed by atoms with Gasteiger partial charge in [-0.05, 0) is 54.1 Å². The Balaban J connectivity index is 0.000000312. The van der Waals surface area contributed by atoms with Gasteiger partial charge in [0.1, 0.15) is 14.4 Å². The molecule has 1 aliphatic heterocycles. The van der Waals surface area contributed by atoms with E-state index in [1.807, 2.05) is 39.0 Å². The molecule has 0 saturated carbocycles. The topological polar surface area (TPSA) is 63.1 Å². The molecule has 3 heterocycles. The second-order valence-electron chi connectivity index (χ2n) is 15.1. The van der Waals surface area contributed by atoms with E-state index in [4.69, 9.17) is 9.97 Å². The van der Waals surface area contributed by atoms with Crippen molar-refractivity contribution < 1.29 is 30.0 Å². The molecule has 271 valence electrons. The van der Waals surface area contributed by atoms with Crippen LogP contribution in [-0.4, -0.2) is 37.0 Å². The van der Waals surface area contributed by atoms with Crippen LogP contribution < -0.4 is 10.4 Å². The number of thiophene rings is 1. The van der Waals surface area contributed by atoms with Gasteiger partial charge in [-0.1, -0.05) is 120 Å². The maximum Gasteiger partial charge on any atom is 0.162 e. The summed E-state index contributed by atoms with van der Waals surface area (Å²) in [4.78, 5) is 22.7. The van der Waals surface area contributed by atoms with Crippen LogP contribution in [0.3, 0.4) is 0 Å². The molecule has 5 aromatic rings. The number of aliphatic hydroxyl groups is 1. The zero-order valence-corrected chi connectivity index (χ0v) is 37.1. The largest absolute Gasteiger partial charge is 0.512 e. The summed E-state index contributed by atoms with van der Waals surface area (Å²) < 4.78 is 1.18. The Morgan fingerprint density at radius 2 is 1.57 bits per heavy atom. The molecule has 6 rings (SSSR count). The van der Waals surface area contributed by atoms with Gasteiger partial charge in [0.05, 0.1) is 19.3 Å². The molecule has 2 aromatic heterocycles. The summed E-state index contributed by atoms with van der Waals surface area (Å²) in [7, 11) is -3.35. The fourth-order valence-electron chi connectivity index (χ4n) is 7.25. The smallest absolute Gasteiger partial charge is 0.162 e. The van der Waals surface area contributed by atoms with Crippen LogP contribution in [0.2, 0.25) is 32.7 Å². The van der Waals surface area contributed by atoms with Gasteiger partial charge in [0, 0.05) is 53.3 Å². The molecule has 3 aromatic carbocycles. The number of aryl methyl sites for hydroxylation is 1. The second-order valence-corrected chi connectivity index (χ2v) is 25.5. The minimum absolute atomic E-state index is 0. The number of benzene rings is 3. The van der Waals surface area contributed by atoms with E-state index in [0.717, 1.165) is 42.5 Å². The zero-order valence-electron chi connectivity index (χ0n) is 31.9. The van der Waals surface area contributed by atoms with Crippen molar-refractivity contribution in [3.8, 4) is 11.3 Å². The third-order valence-corrected chi connectivity index (χ3v) is 17.6. The molecule has 4 nitrogen and oxygen atoms in total. The Morgan fingerprint density at radius 3 is 2.20 bits per heavy atom. The van der Waals surface area contributed by atoms with Gasteiger partial charge in [0.15, 0.2) is 5.78 Å². The fourth-order valence-corrected chi connectivity index (χ4v) is 13.9. The number of allylic oxidation sites excluding steroid dienone is 2. The van der Waals surface area contributed by atoms with Crippen molar-refractivity contribution in [3.05, 3.63) is 94.8 Å². The standard InChI is InChI=1S/C30H29N2SSi2.C13H24O2.Ir/c1-19-27-30(33-29(19)26-16-21-12-8-10-14-24(21)35(26,5)6)28(32-18-31-27)22-15-20-11-7-9-13-23(20)25(17-22)34(2,3)4;1-5-10(6-2)12(14)9-13(15)11(7-3)8-4;/h7-14,16-18H,1-6H3;9-11,14H,5-8H2,1-4H3;/q-1;;/b;12-9-;. The molecule has 8 heteroatoms. The average Bonchev–Trinajstić information content (AvgIpc) is 3.57. The number of aromatic nitrogens is 2. The van der Waals surface area contributed by atoms with E-state index in [9.17, 15) is 9.90 Å². The van der Waals surface area contributed by atoms with Gasteiger partial charge < -0.3 is 5.11 Å². The fraction of sp³-hybridized carbons (Fsp3) is 0.372. The van der Waals surface area contributed by atoms with Crippen LogP contribution in [0.4, 0.5) is 0 Å². The van der Waals surface area contributed by atoms with Gasteiger partial charge in [-0.15, -0.1) is 40.1 Å². The minimum atomic E-state index is -1.77. The van der Waals surface area contributed by atoms with Crippen molar-refractivity contribution in [2.75, 3.05) is 0 Å². The molecular formula is C43H53IrN2O2SSi2-. The predicted molar refractivity (Wildman–Crippen MR) is 222 cm³/mol. The number of hydrogen-bond donors (Lipinski definition) is 1. The van der Waals surface area contributed by atoms with Crippen LogP contribution >= 0.6 is 11.3 Å². The van der Waals surface area contributed by atoms with Gasteiger partial charge in [-0.2, -0.15) is 0 Å². The number of nitrogens with zero attached hydrogens (tertiary/aromatic N) is 2. The van der Waals surface area contributed by atoms with Crippen molar-refractivity contribution in [2.24, 2.45) is 11.8 Å². The first-order chi connectivity index (χ1) is 23.8. The first-order valence-electron chi connectivity index (χ1n) is 18.2. The molecule has 0 bridgehead atoms. The van der Waals surface area contributed by atoms with E-state index >= 15 is 0 Å². The van der Waals surface area contributed by atoms with Crippen molar-refractivity contribution in [3.63, 3.8) is 0 Å². The first kappa shape index (κ1) is 40.8. The number of fused-ring (bicyclic) bond motifs is 3. The molecule has 0 saturated heterocycles. The summed E-state index contributed by atoms with van der Waals surface area (Å²) in [5.74, 6) is 0.547. The van der Waals surface area contributed by atoms with Crippen molar-refractivity contribution in [1.29, 1.82) is 0 Å². The predicted octanol–water partition coefficient (Wildman–Crippen LogP) is 11.0. The molecule has 0 fully saturated rings. The summed E-state index contributed by atoms with van der Waals surface area (Å²) in [6.07, 6.45) is 9.07. The third-order valence-electron chi connectivity index (χ3n) is 10.5. The van der Waals surface area contributed by atoms with Crippen molar-refractivity contribution in [2.45, 2.75) is 93.0 Å². The summed E-state index contributed by atoms with van der Waals surface area (Å²) in [6.45, 7) is 22.5. The van der Waals surface area contributed by atoms with Crippen LogP contribution in [0.25, 0.3) is 43.5 Å².